The second-order valence-electron chi connectivity index (χ2n) is 9.33. The van der Waals surface area contributed by atoms with Gasteiger partial charge in [-0.2, -0.15) is 0 Å². The summed E-state index contributed by atoms with van der Waals surface area (Å²) in [6.45, 7) is 8.23. The fourth-order valence-corrected chi connectivity index (χ4v) is 3.67. The smallest absolute Gasteiger partial charge is 0.306 e. The van der Waals surface area contributed by atoms with Gasteiger partial charge in [-0.3, -0.25) is 19.2 Å². The number of nitrogens with zero attached hydrogens (tertiary/aromatic N) is 1. The van der Waals surface area contributed by atoms with Crippen LogP contribution in [0.25, 0.3) is 0 Å². The molecule has 0 aliphatic heterocycles. The molecule has 0 aromatic rings. The summed E-state index contributed by atoms with van der Waals surface area (Å²) in [5.74, 6) is -1.37. The molecule has 0 aliphatic rings. The number of amides is 1. The van der Waals surface area contributed by atoms with Gasteiger partial charge in [-0.1, -0.05) is 78.6 Å². The molecule has 0 rings (SSSR count). The van der Waals surface area contributed by atoms with Crippen LogP contribution in [0.2, 0.25) is 0 Å². The van der Waals surface area contributed by atoms with Crippen molar-refractivity contribution in [3.05, 3.63) is 0 Å². The van der Waals surface area contributed by atoms with Crippen molar-refractivity contribution in [2.45, 2.75) is 130 Å². The highest BCUT2D eigenvalue weighted by Gasteiger charge is 2.24. The summed E-state index contributed by atoms with van der Waals surface area (Å²) in [5.41, 5.74) is 0. The molecule has 0 unspecified atom stereocenters. The van der Waals surface area contributed by atoms with Crippen molar-refractivity contribution >= 4 is 23.8 Å². The SMILES string of the molecule is CCCCCCC(=O)OCCN(CCOC(=O)CCCCCC)C(=O)[C@H](C)OC(=O)CCCCCC. The lowest BCUT2D eigenvalue weighted by Gasteiger charge is -2.25. The Hall–Kier alpha value is -2.12. The first-order valence-corrected chi connectivity index (χ1v) is 14.1. The summed E-state index contributed by atoms with van der Waals surface area (Å²) in [5, 5.41) is 0. The van der Waals surface area contributed by atoms with E-state index in [1.54, 1.807) is 6.92 Å². The molecule has 0 bridgehead atoms. The Morgan fingerprint density at radius 3 is 1.36 bits per heavy atom. The largest absolute Gasteiger partial charge is 0.464 e. The van der Waals surface area contributed by atoms with Crippen molar-refractivity contribution in [1.29, 1.82) is 0 Å². The average Bonchev–Trinajstić information content (AvgIpc) is 2.85. The highest BCUT2D eigenvalue weighted by atomic mass is 16.6. The van der Waals surface area contributed by atoms with Crippen molar-refractivity contribution in [2.75, 3.05) is 26.3 Å². The Kier molecular flexibility index (Phi) is 21.9. The molecule has 0 N–H and O–H groups in total. The first kappa shape index (κ1) is 33.9. The number of ether oxygens (including phenoxy) is 3. The van der Waals surface area contributed by atoms with Crippen molar-refractivity contribution in [1.82, 2.24) is 4.90 Å². The molecule has 1 amide bonds. The van der Waals surface area contributed by atoms with Crippen LogP contribution < -0.4 is 0 Å². The summed E-state index contributed by atoms with van der Waals surface area (Å²) >= 11 is 0. The molecule has 8 nitrogen and oxygen atoms in total. The van der Waals surface area contributed by atoms with Gasteiger partial charge in [-0.05, 0) is 26.2 Å². The van der Waals surface area contributed by atoms with Gasteiger partial charge in [-0.15, -0.1) is 0 Å². The minimum Gasteiger partial charge on any atom is -0.464 e. The Morgan fingerprint density at radius 1 is 0.583 bits per heavy atom. The number of hydrogen-bond donors (Lipinski definition) is 0. The minimum absolute atomic E-state index is 0.0427. The summed E-state index contributed by atoms with van der Waals surface area (Å²) in [7, 11) is 0. The Balaban J connectivity index is 4.68. The third kappa shape index (κ3) is 19.1. The van der Waals surface area contributed by atoms with E-state index in [4.69, 9.17) is 14.2 Å². The minimum atomic E-state index is -0.960. The predicted octanol–water partition coefficient (Wildman–Crippen LogP) is 5.74. The van der Waals surface area contributed by atoms with Gasteiger partial charge in [0.05, 0.1) is 13.1 Å². The molecule has 0 saturated heterocycles. The predicted molar refractivity (Wildman–Crippen MR) is 140 cm³/mol. The number of unbranched alkanes of at least 4 members (excludes halogenated alkanes) is 9. The topological polar surface area (TPSA) is 99.2 Å². The van der Waals surface area contributed by atoms with Gasteiger partial charge >= 0.3 is 17.9 Å². The van der Waals surface area contributed by atoms with Gasteiger partial charge in [0.15, 0.2) is 6.10 Å². The Morgan fingerprint density at radius 2 is 0.972 bits per heavy atom. The van der Waals surface area contributed by atoms with Crippen LogP contribution in [0.5, 0.6) is 0 Å². The van der Waals surface area contributed by atoms with E-state index in [1.165, 1.54) is 4.90 Å². The number of esters is 3. The van der Waals surface area contributed by atoms with Gasteiger partial charge in [0.2, 0.25) is 0 Å². The first-order chi connectivity index (χ1) is 17.3. The zero-order valence-corrected chi connectivity index (χ0v) is 23.3. The summed E-state index contributed by atoms with van der Waals surface area (Å²) in [6, 6.07) is 0. The zero-order valence-electron chi connectivity index (χ0n) is 23.3. The number of carbonyl (C=O) groups is 4. The van der Waals surface area contributed by atoms with E-state index in [0.29, 0.717) is 12.8 Å². The Labute approximate surface area is 218 Å². The fourth-order valence-electron chi connectivity index (χ4n) is 3.67. The molecule has 36 heavy (non-hydrogen) atoms. The second-order valence-corrected chi connectivity index (χ2v) is 9.33. The maximum atomic E-state index is 13.0. The highest BCUT2D eigenvalue weighted by Crippen LogP contribution is 2.08. The van der Waals surface area contributed by atoms with E-state index in [9.17, 15) is 19.2 Å². The molecule has 1 atom stereocenters. The third-order valence-electron chi connectivity index (χ3n) is 5.92. The lowest BCUT2D eigenvalue weighted by molar-refractivity contribution is -0.160. The molecular formula is C28H51NO7. The van der Waals surface area contributed by atoms with Gasteiger partial charge < -0.3 is 19.1 Å². The fraction of sp³-hybridized carbons (Fsp3) is 0.857. The van der Waals surface area contributed by atoms with Crippen molar-refractivity contribution in [3.63, 3.8) is 0 Å². The van der Waals surface area contributed by atoms with Crippen LogP contribution in [0.15, 0.2) is 0 Å². The van der Waals surface area contributed by atoms with E-state index in [0.717, 1.165) is 77.0 Å². The standard InChI is InChI=1S/C28H51NO7/c1-5-8-11-14-17-25(30)34-22-20-29(21-23-35-26(31)18-15-12-9-6-2)28(33)24(4)36-27(32)19-16-13-10-7-3/h24H,5-23H2,1-4H3/t24-/m0/s1. The maximum Gasteiger partial charge on any atom is 0.306 e. The second kappa shape index (κ2) is 23.3. The molecule has 210 valence electrons. The van der Waals surface area contributed by atoms with Crippen molar-refractivity contribution in [3.8, 4) is 0 Å². The van der Waals surface area contributed by atoms with E-state index < -0.39 is 18.0 Å². The van der Waals surface area contributed by atoms with Gasteiger partial charge in [0.1, 0.15) is 13.2 Å². The van der Waals surface area contributed by atoms with Crippen LogP contribution in [0.3, 0.4) is 0 Å². The molecular weight excluding hydrogens is 462 g/mol. The van der Waals surface area contributed by atoms with E-state index >= 15 is 0 Å². The molecule has 0 aromatic heterocycles. The maximum absolute atomic E-state index is 13.0. The number of carbonyl (C=O) groups excluding carboxylic acids is 4. The van der Waals surface area contributed by atoms with E-state index in [-0.39, 0.29) is 44.7 Å². The number of hydrogen-bond acceptors (Lipinski definition) is 7. The lowest BCUT2D eigenvalue weighted by Crippen LogP contribution is -2.43. The molecule has 0 spiro atoms. The summed E-state index contributed by atoms with van der Waals surface area (Å²) in [4.78, 5) is 50.4. The first-order valence-electron chi connectivity index (χ1n) is 14.1. The Bertz CT molecular complexity index is 579. The normalized spacial score (nSPS) is 11.6. The van der Waals surface area contributed by atoms with Crippen molar-refractivity contribution < 1.29 is 33.4 Å². The average molecular weight is 514 g/mol. The van der Waals surface area contributed by atoms with Crippen LogP contribution in [0, 0.1) is 0 Å². The van der Waals surface area contributed by atoms with Crippen LogP contribution in [-0.4, -0.2) is 61.1 Å². The van der Waals surface area contributed by atoms with E-state index in [2.05, 4.69) is 20.8 Å². The molecule has 0 radical (unpaired) electrons. The van der Waals surface area contributed by atoms with Gasteiger partial charge in [-0.25, -0.2) is 0 Å². The van der Waals surface area contributed by atoms with Crippen LogP contribution >= 0.6 is 0 Å². The monoisotopic (exact) mass is 513 g/mol. The lowest BCUT2D eigenvalue weighted by atomic mass is 10.1. The molecule has 0 aliphatic carbocycles. The molecule has 0 fully saturated rings. The van der Waals surface area contributed by atoms with Crippen LogP contribution in [-0.2, 0) is 33.4 Å². The molecule has 0 aromatic carbocycles. The zero-order chi connectivity index (χ0) is 27.0. The summed E-state index contributed by atoms with van der Waals surface area (Å²) < 4.78 is 15.9. The van der Waals surface area contributed by atoms with Crippen molar-refractivity contribution in [2.24, 2.45) is 0 Å². The third-order valence-corrected chi connectivity index (χ3v) is 5.92. The highest BCUT2D eigenvalue weighted by molar-refractivity contribution is 5.83. The molecule has 0 saturated carbocycles. The van der Waals surface area contributed by atoms with Crippen LogP contribution in [0.4, 0.5) is 0 Å². The molecule has 0 heterocycles. The molecule has 8 heteroatoms. The van der Waals surface area contributed by atoms with Gasteiger partial charge in [0, 0.05) is 19.3 Å². The van der Waals surface area contributed by atoms with Gasteiger partial charge in [0.25, 0.3) is 5.91 Å². The quantitative estimate of drug-likeness (QED) is 0.0975. The summed E-state index contributed by atoms with van der Waals surface area (Å²) in [6.07, 6.45) is 11.8. The number of rotatable bonds is 23. The van der Waals surface area contributed by atoms with Crippen LogP contribution in [0.1, 0.15) is 124 Å². The van der Waals surface area contributed by atoms with E-state index in [1.807, 2.05) is 0 Å².